The Kier molecular flexibility index (Phi) is 8.80. The van der Waals surface area contributed by atoms with E-state index in [9.17, 15) is 10.2 Å². The number of aromatic hydroxyl groups is 2. The molecule has 1 aliphatic carbocycles. The predicted molar refractivity (Wildman–Crippen MR) is 180 cm³/mol. The van der Waals surface area contributed by atoms with Crippen LogP contribution in [-0.4, -0.2) is 50.0 Å². The van der Waals surface area contributed by atoms with Crippen molar-refractivity contribution in [1.82, 2.24) is 4.90 Å². The molecule has 0 unspecified atom stereocenters. The molecule has 1 aliphatic heterocycles. The fourth-order valence-corrected chi connectivity index (χ4v) is 7.37. The van der Waals surface area contributed by atoms with Gasteiger partial charge in [-0.1, -0.05) is 32.0 Å². The molecule has 4 aromatic rings. The number of rotatable bonds is 9. The van der Waals surface area contributed by atoms with E-state index < -0.39 is 0 Å². The highest BCUT2D eigenvalue weighted by atomic mass is 16.5. The molecular weight excluding hydrogens is 578 g/mol. The summed E-state index contributed by atoms with van der Waals surface area (Å²) < 4.78 is 23.6. The fourth-order valence-electron chi connectivity index (χ4n) is 7.37. The van der Waals surface area contributed by atoms with Crippen molar-refractivity contribution < 1.29 is 29.2 Å². The molecule has 242 valence electrons. The van der Waals surface area contributed by atoms with Gasteiger partial charge in [0.2, 0.25) is 0 Å². The quantitative estimate of drug-likeness (QED) is 0.197. The van der Waals surface area contributed by atoms with Gasteiger partial charge in [-0.3, -0.25) is 4.90 Å². The molecular formula is C39H45NO6. The van der Waals surface area contributed by atoms with Gasteiger partial charge in [-0.15, -0.1) is 0 Å². The van der Waals surface area contributed by atoms with Crippen LogP contribution in [0.1, 0.15) is 59.7 Å². The first kappa shape index (κ1) is 31.6. The van der Waals surface area contributed by atoms with Gasteiger partial charge < -0.3 is 29.2 Å². The van der Waals surface area contributed by atoms with Crippen molar-refractivity contribution in [3.8, 4) is 40.2 Å². The smallest absolute Gasteiger partial charge is 0.169 e. The Labute approximate surface area is 272 Å². The highest BCUT2D eigenvalue weighted by molar-refractivity contribution is 5.55. The van der Waals surface area contributed by atoms with Gasteiger partial charge in [0.15, 0.2) is 34.5 Å². The van der Waals surface area contributed by atoms with Gasteiger partial charge in [0, 0.05) is 12.6 Å². The second-order valence-corrected chi connectivity index (χ2v) is 13.1. The van der Waals surface area contributed by atoms with E-state index in [-0.39, 0.29) is 23.0 Å². The minimum absolute atomic E-state index is 0.0764. The molecule has 2 aliphatic rings. The van der Waals surface area contributed by atoms with Crippen LogP contribution in [0.3, 0.4) is 0 Å². The van der Waals surface area contributed by atoms with Gasteiger partial charge in [-0.25, -0.2) is 0 Å². The van der Waals surface area contributed by atoms with Gasteiger partial charge >= 0.3 is 0 Å². The average Bonchev–Trinajstić information content (AvgIpc) is 3.06. The molecule has 3 atom stereocenters. The summed E-state index contributed by atoms with van der Waals surface area (Å²) in [4.78, 5) is 2.37. The van der Waals surface area contributed by atoms with Crippen molar-refractivity contribution in [2.75, 3.05) is 34.9 Å². The highest BCUT2D eigenvalue weighted by Gasteiger charge is 2.39. The van der Waals surface area contributed by atoms with Gasteiger partial charge in [0.25, 0.3) is 0 Å². The molecule has 0 spiro atoms. The summed E-state index contributed by atoms with van der Waals surface area (Å²) in [6, 6.07) is 21.7. The van der Waals surface area contributed by atoms with Crippen molar-refractivity contribution in [3.05, 3.63) is 100 Å². The van der Waals surface area contributed by atoms with E-state index in [0.717, 1.165) is 55.7 Å². The molecule has 0 bridgehead atoms. The number of ether oxygens (including phenoxy) is 4. The molecule has 7 nitrogen and oxygen atoms in total. The third-order valence-electron chi connectivity index (χ3n) is 10.4. The first-order valence-corrected chi connectivity index (χ1v) is 16.1. The average molecular weight is 624 g/mol. The molecule has 0 saturated heterocycles. The van der Waals surface area contributed by atoms with E-state index in [1.165, 1.54) is 27.8 Å². The molecule has 4 aromatic carbocycles. The van der Waals surface area contributed by atoms with Crippen molar-refractivity contribution in [2.24, 2.45) is 5.92 Å². The highest BCUT2D eigenvalue weighted by Crippen LogP contribution is 2.49. The molecule has 46 heavy (non-hydrogen) atoms. The molecule has 2 N–H and O–H groups in total. The Morgan fingerprint density at radius 2 is 1.41 bits per heavy atom. The predicted octanol–water partition coefficient (Wildman–Crippen LogP) is 7.77. The molecule has 0 amide bonds. The van der Waals surface area contributed by atoms with E-state index >= 15 is 0 Å². The monoisotopic (exact) mass is 623 g/mol. The van der Waals surface area contributed by atoms with E-state index in [0.29, 0.717) is 23.2 Å². The zero-order chi connectivity index (χ0) is 32.6. The van der Waals surface area contributed by atoms with Crippen molar-refractivity contribution in [3.63, 3.8) is 0 Å². The molecule has 0 saturated carbocycles. The first-order valence-electron chi connectivity index (χ1n) is 16.1. The number of nitrogens with zero attached hydrogens (tertiary/aromatic N) is 1. The Morgan fingerprint density at radius 3 is 2.13 bits per heavy atom. The van der Waals surface area contributed by atoms with Crippen LogP contribution in [0.15, 0.2) is 66.7 Å². The summed E-state index contributed by atoms with van der Waals surface area (Å²) in [5.41, 5.74) is 7.05. The van der Waals surface area contributed by atoms with Gasteiger partial charge in [0.05, 0.1) is 21.3 Å². The van der Waals surface area contributed by atoms with Crippen LogP contribution in [0.4, 0.5) is 0 Å². The Hall–Kier alpha value is -4.36. The number of methoxy groups -OCH3 is 3. The zero-order valence-electron chi connectivity index (χ0n) is 27.7. The lowest BCUT2D eigenvalue weighted by atomic mass is 9.62. The maximum absolute atomic E-state index is 11.0. The lowest BCUT2D eigenvalue weighted by molar-refractivity contribution is 0.227. The molecule has 7 heteroatoms. The third-order valence-corrected chi connectivity index (χ3v) is 10.4. The number of likely N-dealkylation sites (N-methyl/N-ethyl adjacent to an activating group) is 1. The lowest BCUT2D eigenvalue weighted by Gasteiger charge is -2.42. The Balaban J connectivity index is 1.32. The summed E-state index contributed by atoms with van der Waals surface area (Å²) >= 11 is 0. The third kappa shape index (κ3) is 5.96. The van der Waals surface area contributed by atoms with E-state index in [1.54, 1.807) is 39.5 Å². The molecule has 1 heterocycles. The van der Waals surface area contributed by atoms with Gasteiger partial charge in [-0.05, 0) is 132 Å². The summed E-state index contributed by atoms with van der Waals surface area (Å²) in [7, 11) is 7.14. The van der Waals surface area contributed by atoms with E-state index in [1.807, 2.05) is 24.3 Å². The van der Waals surface area contributed by atoms with Crippen molar-refractivity contribution >= 4 is 0 Å². The number of benzene rings is 4. The summed E-state index contributed by atoms with van der Waals surface area (Å²) in [6.45, 7) is 5.57. The minimum Gasteiger partial charge on any atom is -0.508 e. The Morgan fingerprint density at radius 1 is 0.761 bits per heavy atom. The van der Waals surface area contributed by atoms with Crippen molar-refractivity contribution in [2.45, 2.75) is 57.4 Å². The van der Waals surface area contributed by atoms with E-state index in [4.69, 9.17) is 18.9 Å². The van der Waals surface area contributed by atoms with Crippen LogP contribution in [0, 0.1) is 5.92 Å². The SMILES string of the molecule is COc1cc2c(cc1OC)[C@@H](Cc1ccc(O)c(Oc3cc4c(cc3OC)CC[C@@H](C)[C@]4(C)Cc3ccc(O)cc3)c1)N(C)CC2. The largest absolute Gasteiger partial charge is 0.508 e. The number of phenols is 2. The minimum atomic E-state index is -0.151. The lowest BCUT2D eigenvalue weighted by Crippen LogP contribution is -2.37. The summed E-state index contributed by atoms with van der Waals surface area (Å²) in [5.74, 6) is 3.87. The number of aryl methyl sites for hydroxylation is 1. The first-order chi connectivity index (χ1) is 22.1. The van der Waals surface area contributed by atoms with Crippen LogP contribution in [0.25, 0.3) is 0 Å². The van der Waals surface area contributed by atoms with Crippen molar-refractivity contribution in [1.29, 1.82) is 0 Å². The van der Waals surface area contributed by atoms with Crippen LogP contribution in [0.2, 0.25) is 0 Å². The molecule has 0 aromatic heterocycles. The Bertz CT molecular complexity index is 1720. The van der Waals surface area contributed by atoms with Gasteiger partial charge in [0.1, 0.15) is 5.75 Å². The van der Waals surface area contributed by atoms with Gasteiger partial charge in [-0.2, -0.15) is 0 Å². The number of hydrogen-bond acceptors (Lipinski definition) is 7. The molecule has 0 radical (unpaired) electrons. The second-order valence-electron chi connectivity index (χ2n) is 13.1. The summed E-state index contributed by atoms with van der Waals surface area (Å²) in [5, 5.41) is 20.8. The fraction of sp³-hybridized carbons (Fsp3) is 0.385. The number of phenolic OH excluding ortho intramolecular Hbond substituents is 2. The second kappa shape index (κ2) is 12.8. The van der Waals surface area contributed by atoms with Crippen LogP contribution in [0.5, 0.6) is 40.2 Å². The topological polar surface area (TPSA) is 80.6 Å². The zero-order valence-corrected chi connectivity index (χ0v) is 27.7. The van der Waals surface area contributed by atoms with Crippen LogP contribution < -0.4 is 18.9 Å². The van der Waals surface area contributed by atoms with Crippen LogP contribution >= 0.6 is 0 Å². The normalized spacial score (nSPS) is 20.8. The number of fused-ring (bicyclic) bond motifs is 2. The molecule has 6 rings (SSSR count). The maximum atomic E-state index is 11.0. The van der Waals surface area contributed by atoms with E-state index in [2.05, 4.69) is 50.1 Å². The molecule has 0 fully saturated rings. The number of hydrogen-bond donors (Lipinski definition) is 2. The summed E-state index contributed by atoms with van der Waals surface area (Å²) in [6.07, 6.45) is 4.55. The van der Waals surface area contributed by atoms with Crippen LogP contribution in [-0.2, 0) is 31.1 Å². The maximum Gasteiger partial charge on any atom is 0.169 e. The standard InChI is InChI=1S/C39H45NO6/c1-24-7-11-28-20-36(44-5)38(22-31(28)39(24,2)23-25-8-12-29(41)13-9-25)46-34-18-26(10-14-33(34)42)17-32-30-21-37(45-6)35(43-4)19-27(30)15-16-40(32)3/h8-10,12-14,18-22,24,32,41-42H,7,11,15-17,23H2,1-6H3/t24-,32-,39+/m1/s1.